The number of carbonyl (C=O) groups excluding carboxylic acids is 1. The van der Waals surface area contributed by atoms with Gasteiger partial charge in [-0.15, -0.1) is 0 Å². The summed E-state index contributed by atoms with van der Waals surface area (Å²) in [6.07, 6.45) is 0. The quantitative estimate of drug-likeness (QED) is 0.296. The Bertz CT molecular complexity index is 1240. The average molecular weight is 531 g/mol. The standard InChI is InChI=1S/C23H15Br2ClN2O/c1-13-9-16(25)10-17-18(23(29)28-20-8-7-15(24)11-19(20)26)12-21(27-22(13)17)14-5-3-2-4-6-14/h2-12H,1H3,(H,28,29). The zero-order valence-corrected chi connectivity index (χ0v) is 19.3. The van der Waals surface area contributed by atoms with E-state index in [1.54, 1.807) is 12.1 Å². The number of nitrogens with one attached hydrogen (secondary N) is 1. The van der Waals surface area contributed by atoms with Crippen LogP contribution in [0.25, 0.3) is 22.2 Å². The van der Waals surface area contributed by atoms with E-state index in [4.69, 9.17) is 16.6 Å². The lowest BCUT2D eigenvalue weighted by atomic mass is 10.0. The highest BCUT2D eigenvalue weighted by Gasteiger charge is 2.17. The number of halogens is 3. The van der Waals surface area contributed by atoms with Crippen LogP contribution in [0.1, 0.15) is 15.9 Å². The summed E-state index contributed by atoms with van der Waals surface area (Å²) >= 11 is 13.2. The molecule has 1 aromatic heterocycles. The number of nitrogens with zero attached hydrogens (tertiary/aromatic N) is 1. The van der Waals surface area contributed by atoms with Gasteiger partial charge in [0.25, 0.3) is 5.91 Å². The van der Waals surface area contributed by atoms with E-state index in [0.29, 0.717) is 16.3 Å². The van der Waals surface area contributed by atoms with Gasteiger partial charge in [-0.05, 0) is 48.9 Å². The molecule has 0 radical (unpaired) electrons. The molecule has 0 spiro atoms. The normalized spacial score (nSPS) is 10.9. The van der Waals surface area contributed by atoms with Gasteiger partial charge in [-0.1, -0.05) is 73.8 Å². The molecule has 3 nitrogen and oxygen atoms in total. The summed E-state index contributed by atoms with van der Waals surface area (Å²) in [5, 5.41) is 4.17. The zero-order chi connectivity index (χ0) is 20.5. The van der Waals surface area contributed by atoms with Crippen LogP contribution in [0.15, 0.2) is 75.7 Å². The van der Waals surface area contributed by atoms with Gasteiger partial charge in [-0.2, -0.15) is 0 Å². The number of fused-ring (bicyclic) bond motifs is 1. The SMILES string of the molecule is Cc1cc(Br)cc2c(C(=O)Nc3ccc(Br)cc3Cl)cc(-c3ccccc3)nc12. The lowest BCUT2D eigenvalue weighted by molar-refractivity contribution is 0.102. The summed E-state index contributed by atoms with van der Waals surface area (Å²) in [5.41, 5.74) is 4.57. The molecule has 3 aromatic carbocycles. The van der Waals surface area contributed by atoms with E-state index in [1.807, 2.05) is 61.5 Å². The minimum absolute atomic E-state index is 0.240. The summed E-state index contributed by atoms with van der Waals surface area (Å²) < 4.78 is 1.74. The van der Waals surface area contributed by atoms with E-state index < -0.39 is 0 Å². The molecular formula is C23H15Br2ClN2O. The molecule has 0 bridgehead atoms. The van der Waals surface area contributed by atoms with Gasteiger partial charge in [0.1, 0.15) is 0 Å². The molecule has 29 heavy (non-hydrogen) atoms. The number of anilines is 1. The van der Waals surface area contributed by atoms with Crippen molar-refractivity contribution in [3.63, 3.8) is 0 Å². The van der Waals surface area contributed by atoms with Crippen molar-refractivity contribution in [1.82, 2.24) is 4.98 Å². The topological polar surface area (TPSA) is 42.0 Å². The van der Waals surface area contributed by atoms with Gasteiger partial charge in [-0.3, -0.25) is 4.79 Å². The molecule has 0 atom stereocenters. The van der Waals surface area contributed by atoms with Crippen molar-refractivity contribution in [1.29, 1.82) is 0 Å². The predicted octanol–water partition coefficient (Wildman–Crippen LogP) is 7.64. The van der Waals surface area contributed by atoms with E-state index in [0.717, 1.165) is 36.7 Å². The molecule has 0 saturated carbocycles. The molecule has 0 fully saturated rings. The van der Waals surface area contributed by atoms with Crippen molar-refractivity contribution in [3.05, 3.63) is 91.8 Å². The monoisotopic (exact) mass is 528 g/mol. The second-order valence-corrected chi connectivity index (χ2v) is 8.86. The molecule has 4 rings (SSSR count). The largest absolute Gasteiger partial charge is 0.321 e. The van der Waals surface area contributed by atoms with E-state index >= 15 is 0 Å². The summed E-state index contributed by atoms with van der Waals surface area (Å²) in [4.78, 5) is 18.1. The van der Waals surface area contributed by atoms with Crippen LogP contribution >= 0.6 is 43.5 Å². The third kappa shape index (κ3) is 4.22. The molecule has 0 aliphatic carbocycles. The Balaban J connectivity index is 1.88. The molecule has 1 amide bonds. The van der Waals surface area contributed by atoms with Crippen molar-refractivity contribution in [3.8, 4) is 11.3 Å². The Morgan fingerprint density at radius 3 is 2.45 bits per heavy atom. The Morgan fingerprint density at radius 2 is 1.72 bits per heavy atom. The van der Waals surface area contributed by atoms with Crippen LogP contribution in [-0.2, 0) is 0 Å². The zero-order valence-electron chi connectivity index (χ0n) is 15.3. The lowest BCUT2D eigenvalue weighted by Crippen LogP contribution is -2.13. The molecule has 4 aromatic rings. The van der Waals surface area contributed by atoms with Crippen molar-refractivity contribution < 1.29 is 4.79 Å². The molecule has 0 saturated heterocycles. The maximum absolute atomic E-state index is 13.2. The minimum Gasteiger partial charge on any atom is -0.321 e. The molecule has 0 aliphatic rings. The summed E-state index contributed by atoms with van der Waals surface area (Å²) in [6.45, 7) is 1.99. The Labute approximate surface area is 190 Å². The number of aromatic nitrogens is 1. The number of aryl methyl sites for hydroxylation is 1. The van der Waals surface area contributed by atoms with Crippen molar-refractivity contribution in [2.45, 2.75) is 6.92 Å². The minimum atomic E-state index is -0.240. The second-order valence-electron chi connectivity index (χ2n) is 6.62. The van der Waals surface area contributed by atoms with E-state index in [-0.39, 0.29) is 5.91 Å². The van der Waals surface area contributed by atoms with Crippen LogP contribution in [-0.4, -0.2) is 10.9 Å². The van der Waals surface area contributed by atoms with Crippen molar-refractivity contribution in [2.75, 3.05) is 5.32 Å². The smallest absolute Gasteiger partial charge is 0.256 e. The first-order valence-electron chi connectivity index (χ1n) is 8.85. The summed E-state index contributed by atoms with van der Waals surface area (Å²) in [6, 6.07) is 20.9. The number of hydrogen-bond acceptors (Lipinski definition) is 2. The molecule has 1 heterocycles. The van der Waals surface area contributed by atoms with Crippen LogP contribution in [0.4, 0.5) is 5.69 Å². The number of pyridine rings is 1. The van der Waals surface area contributed by atoms with Crippen LogP contribution in [0.2, 0.25) is 5.02 Å². The van der Waals surface area contributed by atoms with Gasteiger partial charge in [0.2, 0.25) is 0 Å². The van der Waals surface area contributed by atoms with Gasteiger partial charge >= 0.3 is 0 Å². The second kappa shape index (κ2) is 8.27. The first kappa shape index (κ1) is 20.1. The average Bonchev–Trinajstić information content (AvgIpc) is 2.70. The van der Waals surface area contributed by atoms with Crippen LogP contribution < -0.4 is 5.32 Å². The van der Waals surface area contributed by atoms with Gasteiger partial charge in [0, 0.05) is 19.9 Å². The highest BCUT2D eigenvalue weighted by Crippen LogP contribution is 2.31. The fraction of sp³-hybridized carbons (Fsp3) is 0.0435. The van der Waals surface area contributed by atoms with E-state index in [2.05, 4.69) is 37.2 Å². The maximum atomic E-state index is 13.2. The number of benzene rings is 3. The molecule has 0 unspecified atom stereocenters. The van der Waals surface area contributed by atoms with E-state index in [9.17, 15) is 4.79 Å². The maximum Gasteiger partial charge on any atom is 0.256 e. The number of amides is 1. The van der Waals surface area contributed by atoms with Gasteiger partial charge in [0.05, 0.1) is 27.5 Å². The highest BCUT2D eigenvalue weighted by atomic mass is 79.9. The van der Waals surface area contributed by atoms with Crippen LogP contribution in [0.3, 0.4) is 0 Å². The fourth-order valence-electron chi connectivity index (χ4n) is 3.18. The van der Waals surface area contributed by atoms with Gasteiger partial charge < -0.3 is 5.32 Å². The van der Waals surface area contributed by atoms with E-state index in [1.165, 1.54) is 0 Å². The lowest BCUT2D eigenvalue weighted by Gasteiger charge is -2.13. The van der Waals surface area contributed by atoms with Crippen LogP contribution in [0, 0.1) is 6.92 Å². The first-order chi connectivity index (χ1) is 13.9. The fourth-order valence-corrected chi connectivity index (χ4v) is 4.47. The van der Waals surface area contributed by atoms with Crippen molar-refractivity contribution >= 4 is 66.0 Å². The Hall–Kier alpha value is -2.21. The van der Waals surface area contributed by atoms with Gasteiger partial charge in [-0.25, -0.2) is 4.98 Å². The molecular weight excluding hydrogens is 516 g/mol. The van der Waals surface area contributed by atoms with Crippen molar-refractivity contribution in [2.24, 2.45) is 0 Å². The predicted molar refractivity (Wildman–Crippen MR) is 127 cm³/mol. The van der Waals surface area contributed by atoms with Gasteiger partial charge in [0.15, 0.2) is 0 Å². The third-order valence-corrected chi connectivity index (χ3v) is 5.83. The summed E-state index contributed by atoms with van der Waals surface area (Å²) in [7, 11) is 0. The molecule has 1 N–H and O–H groups in total. The molecule has 6 heteroatoms. The number of hydrogen-bond donors (Lipinski definition) is 1. The molecule has 0 aliphatic heterocycles. The Morgan fingerprint density at radius 1 is 0.966 bits per heavy atom. The third-order valence-electron chi connectivity index (χ3n) is 4.56. The molecule has 144 valence electrons. The number of rotatable bonds is 3. The Kier molecular flexibility index (Phi) is 5.72. The first-order valence-corrected chi connectivity index (χ1v) is 10.8. The van der Waals surface area contributed by atoms with Crippen LogP contribution in [0.5, 0.6) is 0 Å². The summed E-state index contributed by atoms with van der Waals surface area (Å²) in [5.74, 6) is -0.240. The number of carbonyl (C=O) groups is 1. The highest BCUT2D eigenvalue weighted by molar-refractivity contribution is 9.10.